The lowest BCUT2D eigenvalue weighted by Crippen LogP contribution is -2.34. The Balaban J connectivity index is 2.03. The number of rotatable bonds is 5. The Morgan fingerprint density at radius 1 is 1.29 bits per heavy atom. The van der Waals surface area contributed by atoms with Gasteiger partial charge in [-0.15, -0.1) is 11.3 Å². The van der Waals surface area contributed by atoms with Crippen molar-refractivity contribution in [1.29, 1.82) is 0 Å². The average molecular weight is 343 g/mol. The summed E-state index contributed by atoms with van der Waals surface area (Å²) in [5.41, 5.74) is 0.507. The standard InChI is InChI=1S/C15H16Cl2N2OS/c1-19(2)13(14-4-3-7-21-14)9-18-15(20)10-5-6-11(16)12(17)8-10/h3-8,13H,9H2,1-2H3,(H,18,20). The van der Waals surface area contributed by atoms with Crippen LogP contribution in [0.1, 0.15) is 21.3 Å². The van der Waals surface area contributed by atoms with E-state index in [1.807, 2.05) is 25.5 Å². The number of hydrogen-bond donors (Lipinski definition) is 1. The summed E-state index contributed by atoms with van der Waals surface area (Å²) in [5.74, 6) is -0.156. The number of likely N-dealkylation sites (N-methyl/N-ethyl adjacent to an activating group) is 1. The molecule has 0 aliphatic rings. The second-order valence-electron chi connectivity index (χ2n) is 4.83. The molecule has 112 valence electrons. The number of halogens is 2. The SMILES string of the molecule is CN(C)C(CNC(=O)c1ccc(Cl)c(Cl)c1)c1cccs1. The Morgan fingerprint density at radius 3 is 2.62 bits per heavy atom. The molecule has 0 aliphatic heterocycles. The van der Waals surface area contributed by atoms with Crippen LogP contribution in [-0.4, -0.2) is 31.4 Å². The molecule has 0 fully saturated rings. The molecule has 2 rings (SSSR count). The predicted molar refractivity (Wildman–Crippen MR) is 89.5 cm³/mol. The van der Waals surface area contributed by atoms with Crippen molar-refractivity contribution in [1.82, 2.24) is 10.2 Å². The van der Waals surface area contributed by atoms with E-state index in [0.717, 1.165) is 0 Å². The second-order valence-corrected chi connectivity index (χ2v) is 6.63. The van der Waals surface area contributed by atoms with E-state index in [1.165, 1.54) is 4.88 Å². The minimum absolute atomic E-state index is 0.150. The molecule has 0 radical (unpaired) electrons. The summed E-state index contributed by atoms with van der Waals surface area (Å²) in [6, 6.07) is 9.10. The largest absolute Gasteiger partial charge is 0.350 e. The normalized spacial score (nSPS) is 12.4. The summed E-state index contributed by atoms with van der Waals surface area (Å²) < 4.78 is 0. The van der Waals surface area contributed by atoms with Crippen molar-refractivity contribution in [3.63, 3.8) is 0 Å². The van der Waals surface area contributed by atoms with Crippen molar-refractivity contribution >= 4 is 40.4 Å². The summed E-state index contributed by atoms with van der Waals surface area (Å²) in [7, 11) is 3.99. The molecule has 0 aliphatic carbocycles. The molecule has 0 spiro atoms. The van der Waals surface area contributed by atoms with E-state index < -0.39 is 0 Å². The lowest BCUT2D eigenvalue weighted by atomic mass is 10.2. The first kappa shape index (κ1) is 16.3. The first-order valence-electron chi connectivity index (χ1n) is 6.42. The maximum Gasteiger partial charge on any atom is 0.251 e. The van der Waals surface area contributed by atoms with Crippen LogP contribution in [0.25, 0.3) is 0 Å². The molecular weight excluding hydrogens is 327 g/mol. The summed E-state index contributed by atoms with van der Waals surface area (Å²) in [5, 5.41) is 5.80. The Labute approximate surface area is 138 Å². The van der Waals surface area contributed by atoms with Crippen LogP contribution in [0.2, 0.25) is 10.0 Å². The molecule has 6 heteroatoms. The summed E-state index contributed by atoms with van der Waals surface area (Å²) >= 11 is 13.5. The zero-order chi connectivity index (χ0) is 15.4. The smallest absolute Gasteiger partial charge is 0.251 e. The molecule has 21 heavy (non-hydrogen) atoms. The third-order valence-corrected chi connectivity index (χ3v) is 4.85. The number of carbonyl (C=O) groups is 1. The molecule has 1 amide bonds. The zero-order valence-electron chi connectivity index (χ0n) is 11.8. The van der Waals surface area contributed by atoms with Crippen molar-refractivity contribution < 1.29 is 4.79 Å². The van der Waals surface area contributed by atoms with Gasteiger partial charge >= 0.3 is 0 Å². The van der Waals surface area contributed by atoms with Crippen molar-refractivity contribution in [2.45, 2.75) is 6.04 Å². The third kappa shape index (κ3) is 4.20. The minimum Gasteiger partial charge on any atom is -0.350 e. The van der Waals surface area contributed by atoms with Crippen LogP contribution in [0.5, 0.6) is 0 Å². The molecule has 0 saturated carbocycles. The Kier molecular flexibility index (Phi) is 5.65. The summed E-state index contributed by atoms with van der Waals surface area (Å²) in [6.45, 7) is 0.534. The number of benzene rings is 1. The number of amides is 1. The highest BCUT2D eigenvalue weighted by Gasteiger charge is 2.17. The van der Waals surface area contributed by atoms with Gasteiger partial charge in [-0.2, -0.15) is 0 Å². The number of nitrogens with one attached hydrogen (secondary N) is 1. The molecule has 3 nitrogen and oxygen atoms in total. The Morgan fingerprint density at radius 2 is 2.05 bits per heavy atom. The number of thiophene rings is 1. The predicted octanol–water partition coefficient (Wildman–Crippen LogP) is 4.09. The van der Waals surface area contributed by atoms with Gasteiger partial charge in [-0.3, -0.25) is 4.79 Å². The van der Waals surface area contributed by atoms with E-state index >= 15 is 0 Å². The highest BCUT2D eigenvalue weighted by Crippen LogP contribution is 2.24. The number of carbonyl (C=O) groups excluding carboxylic acids is 1. The van der Waals surface area contributed by atoms with Gasteiger partial charge in [0.15, 0.2) is 0 Å². The minimum atomic E-state index is -0.156. The first-order valence-corrected chi connectivity index (χ1v) is 8.05. The van der Waals surface area contributed by atoms with Crippen molar-refractivity contribution in [2.24, 2.45) is 0 Å². The molecule has 1 N–H and O–H groups in total. The van der Waals surface area contributed by atoms with Gasteiger partial charge in [-0.05, 0) is 43.7 Å². The topological polar surface area (TPSA) is 32.3 Å². The third-order valence-electron chi connectivity index (χ3n) is 3.13. The van der Waals surface area contributed by atoms with Crippen molar-refractivity contribution in [3.8, 4) is 0 Å². The van der Waals surface area contributed by atoms with Crippen LogP contribution in [0.4, 0.5) is 0 Å². The molecule has 1 heterocycles. The van der Waals surface area contributed by atoms with E-state index in [2.05, 4.69) is 16.3 Å². The van der Waals surface area contributed by atoms with Gasteiger partial charge in [0, 0.05) is 17.0 Å². The van der Waals surface area contributed by atoms with E-state index in [4.69, 9.17) is 23.2 Å². The van der Waals surface area contributed by atoms with Gasteiger partial charge in [-0.25, -0.2) is 0 Å². The number of nitrogens with zero attached hydrogens (tertiary/aromatic N) is 1. The highest BCUT2D eigenvalue weighted by atomic mass is 35.5. The molecule has 1 unspecified atom stereocenters. The summed E-state index contributed by atoms with van der Waals surface area (Å²) in [6.07, 6.45) is 0. The number of hydrogen-bond acceptors (Lipinski definition) is 3. The lowest BCUT2D eigenvalue weighted by molar-refractivity contribution is 0.0942. The Hall–Kier alpha value is -1.07. The monoisotopic (exact) mass is 342 g/mol. The van der Waals surface area contributed by atoms with Gasteiger partial charge in [0.25, 0.3) is 5.91 Å². The molecule has 0 saturated heterocycles. The van der Waals surface area contributed by atoms with E-state index in [9.17, 15) is 4.79 Å². The highest BCUT2D eigenvalue weighted by molar-refractivity contribution is 7.10. The molecule has 0 bridgehead atoms. The molecule has 1 aromatic heterocycles. The van der Waals surface area contributed by atoms with Gasteiger partial charge in [0.05, 0.1) is 16.1 Å². The van der Waals surface area contributed by atoms with Crippen LogP contribution in [0.3, 0.4) is 0 Å². The second kappa shape index (κ2) is 7.27. The fourth-order valence-electron chi connectivity index (χ4n) is 1.95. The van der Waals surface area contributed by atoms with E-state index in [-0.39, 0.29) is 11.9 Å². The Bertz CT molecular complexity index is 614. The van der Waals surface area contributed by atoms with Crippen LogP contribution in [0, 0.1) is 0 Å². The van der Waals surface area contributed by atoms with E-state index in [0.29, 0.717) is 22.2 Å². The van der Waals surface area contributed by atoms with Crippen LogP contribution in [0.15, 0.2) is 35.7 Å². The lowest BCUT2D eigenvalue weighted by Gasteiger charge is -2.23. The first-order chi connectivity index (χ1) is 9.99. The van der Waals surface area contributed by atoms with Gasteiger partial charge in [0.1, 0.15) is 0 Å². The molecule has 1 aromatic carbocycles. The maximum absolute atomic E-state index is 12.2. The van der Waals surface area contributed by atoms with E-state index in [1.54, 1.807) is 29.5 Å². The van der Waals surface area contributed by atoms with Crippen molar-refractivity contribution in [3.05, 3.63) is 56.2 Å². The summed E-state index contributed by atoms with van der Waals surface area (Å²) in [4.78, 5) is 15.5. The average Bonchev–Trinajstić information content (AvgIpc) is 2.95. The molecule has 1 atom stereocenters. The van der Waals surface area contributed by atoms with Crippen LogP contribution >= 0.6 is 34.5 Å². The fraction of sp³-hybridized carbons (Fsp3) is 0.267. The fourth-order valence-corrected chi connectivity index (χ4v) is 3.17. The maximum atomic E-state index is 12.2. The van der Waals surface area contributed by atoms with Crippen LogP contribution in [-0.2, 0) is 0 Å². The van der Waals surface area contributed by atoms with Gasteiger partial charge in [0.2, 0.25) is 0 Å². The van der Waals surface area contributed by atoms with Gasteiger partial charge in [-0.1, -0.05) is 29.3 Å². The zero-order valence-corrected chi connectivity index (χ0v) is 14.1. The molecule has 2 aromatic rings. The van der Waals surface area contributed by atoms with Gasteiger partial charge < -0.3 is 10.2 Å². The van der Waals surface area contributed by atoms with Crippen LogP contribution < -0.4 is 5.32 Å². The van der Waals surface area contributed by atoms with Crippen molar-refractivity contribution in [2.75, 3.05) is 20.6 Å². The quantitative estimate of drug-likeness (QED) is 0.887. The molecular formula is C15H16Cl2N2OS.